The molecule has 0 aromatic heterocycles. The predicted octanol–water partition coefficient (Wildman–Crippen LogP) is 1.78. The Labute approximate surface area is 103 Å². The van der Waals surface area contributed by atoms with E-state index >= 15 is 0 Å². The van der Waals surface area contributed by atoms with Gasteiger partial charge in [-0.15, -0.1) is 0 Å². The molecule has 0 aliphatic rings. The van der Waals surface area contributed by atoms with Crippen LogP contribution in [-0.4, -0.2) is 15.0 Å². The van der Waals surface area contributed by atoms with E-state index in [4.69, 9.17) is 5.14 Å². The van der Waals surface area contributed by atoms with Gasteiger partial charge in [-0.1, -0.05) is 25.5 Å². The highest BCUT2D eigenvalue weighted by molar-refractivity contribution is 7.89. The first-order valence-corrected chi connectivity index (χ1v) is 7.36. The molecule has 1 rings (SSSR count). The third kappa shape index (κ3) is 4.46. The van der Waals surface area contributed by atoms with Crippen LogP contribution in [0.2, 0.25) is 0 Å². The fraction of sp³-hybridized carbons (Fsp3) is 0.500. The van der Waals surface area contributed by atoms with Crippen LogP contribution in [0.3, 0.4) is 0 Å². The minimum atomic E-state index is -3.61. The van der Waals surface area contributed by atoms with Gasteiger partial charge in [-0.25, -0.2) is 13.6 Å². The Morgan fingerprint density at radius 2 is 2.12 bits per heavy atom. The largest absolute Gasteiger partial charge is 0.310 e. The molecule has 5 heteroatoms. The van der Waals surface area contributed by atoms with Crippen LogP contribution in [0.5, 0.6) is 0 Å². The molecule has 0 saturated carbocycles. The Kier molecular flexibility index (Phi) is 5.11. The van der Waals surface area contributed by atoms with E-state index in [-0.39, 0.29) is 10.9 Å². The molecule has 96 valence electrons. The molecule has 1 aromatic carbocycles. The smallest absolute Gasteiger partial charge is 0.238 e. The van der Waals surface area contributed by atoms with Crippen molar-refractivity contribution >= 4 is 10.0 Å². The summed E-state index contributed by atoms with van der Waals surface area (Å²) in [6, 6.07) is 6.88. The number of unbranched alkanes of at least 4 members (excludes halogenated alkanes) is 1. The molecule has 0 aliphatic heterocycles. The molecule has 0 aliphatic carbocycles. The van der Waals surface area contributed by atoms with E-state index in [0.29, 0.717) is 0 Å². The van der Waals surface area contributed by atoms with Gasteiger partial charge in [-0.3, -0.25) is 0 Å². The van der Waals surface area contributed by atoms with Crippen LogP contribution < -0.4 is 10.5 Å². The van der Waals surface area contributed by atoms with Crippen LogP contribution in [0, 0.1) is 0 Å². The molecule has 17 heavy (non-hydrogen) atoms. The lowest BCUT2D eigenvalue weighted by molar-refractivity contribution is 0.553. The van der Waals surface area contributed by atoms with Crippen molar-refractivity contribution in [3.05, 3.63) is 29.8 Å². The van der Waals surface area contributed by atoms with E-state index in [1.165, 1.54) is 6.07 Å². The number of hydrogen-bond acceptors (Lipinski definition) is 3. The third-order valence-electron chi connectivity index (χ3n) is 2.67. The summed E-state index contributed by atoms with van der Waals surface area (Å²) in [7, 11) is -3.61. The maximum atomic E-state index is 11.2. The van der Waals surface area contributed by atoms with Crippen molar-refractivity contribution in [1.82, 2.24) is 5.32 Å². The number of rotatable bonds is 6. The van der Waals surface area contributed by atoms with Crippen LogP contribution in [-0.2, 0) is 10.0 Å². The Hall–Kier alpha value is -0.910. The first-order valence-electron chi connectivity index (χ1n) is 5.81. The van der Waals surface area contributed by atoms with Gasteiger partial charge in [-0.05, 0) is 37.6 Å². The summed E-state index contributed by atoms with van der Waals surface area (Å²) in [6.07, 6.45) is 2.25. The predicted molar refractivity (Wildman–Crippen MR) is 69.1 cm³/mol. The summed E-state index contributed by atoms with van der Waals surface area (Å²) in [6.45, 7) is 5.07. The highest BCUT2D eigenvalue weighted by Gasteiger charge is 2.10. The Morgan fingerprint density at radius 3 is 2.71 bits per heavy atom. The maximum absolute atomic E-state index is 11.2. The summed E-state index contributed by atoms with van der Waals surface area (Å²) >= 11 is 0. The Balaban J connectivity index is 2.78. The molecule has 0 bridgehead atoms. The second-order valence-electron chi connectivity index (χ2n) is 4.15. The summed E-state index contributed by atoms with van der Waals surface area (Å²) in [5.41, 5.74) is 0.938. The van der Waals surface area contributed by atoms with Crippen molar-refractivity contribution in [1.29, 1.82) is 0 Å². The van der Waals surface area contributed by atoms with Crippen molar-refractivity contribution < 1.29 is 8.42 Å². The second kappa shape index (κ2) is 6.14. The van der Waals surface area contributed by atoms with E-state index in [2.05, 4.69) is 12.2 Å². The summed E-state index contributed by atoms with van der Waals surface area (Å²) < 4.78 is 22.5. The first kappa shape index (κ1) is 14.2. The number of sulfonamides is 1. The van der Waals surface area contributed by atoms with Crippen LogP contribution in [0.25, 0.3) is 0 Å². The van der Waals surface area contributed by atoms with Crippen molar-refractivity contribution in [2.45, 2.75) is 37.6 Å². The lowest BCUT2D eigenvalue weighted by Crippen LogP contribution is -2.20. The van der Waals surface area contributed by atoms with E-state index in [0.717, 1.165) is 24.9 Å². The standard InChI is InChI=1S/C12H20N2O2S/c1-3-4-8-14-10(2)11-6-5-7-12(9-11)17(13,15)16/h5-7,9-10,14H,3-4,8H2,1-2H3,(H2,13,15,16). The monoisotopic (exact) mass is 256 g/mol. The zero-order valence-electron chi connectivity index (χ0n) is 10.3. The SMILES string of the molecule is CCCCNC(C)c1cccc(S(N)(=O)=O)c1. The Bertz CT molecular complexity index is 457. The number of hydrogen-bond donors (Lipinski definition) is 2. The van der Waals surface area contributed by atoms with Crippen molar-refractivity contribution in [3.8, 4) is 0 Å². The lowest BCUT2D eigenvalue weighted by atomic mass is 10.1. The first-order chi connectivity index (χ1) is 7.95. The summed E-state index contributed by atoms with van der Waals surface area (Å²) in [5, 5.41) is 8.44. The fourth-order valence-corrected chi connectivity index (χ4v) is 2.14. The minimum absolute atomic E-state index is 0.128. The van der Waals surface area contributed by atoms with Crippen LogP contribution in [0.15, 0.2) is 29.2 Å². The van der Waals surface area contributed by atoms with E-state index in [9.17, 15) is 8.42 Å². The molecule has 1 atom stereocenters. The van der Waals surface area contributed by atoms with Gasteiger partial charge in [0.05, 0.1) is 4.90 Å². The molecule has 0 spiro atoms. The molecule has 0 fully saturated rings. The number of nitrogens with two attached hydrogens (primary N) is 1. The minimum Gasteiger partial charge on any atom is -0.310 e. The molecule has 0 radical (unpaired) electrons. The molecular weight excluding hydrogens is 236 g/mol. The third-order valence-corrected chi connectivity index (χ3v) is 3.58. The molecule has 1 unspecified atom stereocenters. The zero-order chi connectivity index (χ0) is 12.9. The maximum Gasteiger partial charge on any atom is 0.238 e. The van der Waals surface area contributed by atoms with Gasteiger partial charge in [0.1, 0.15) is 0 Å². The Morgan fingerprint density at radius 1 is 1.41 bits per heavy atom. The molecule has 1 aromatic rings. The van der Waals surface area contributed by atoms with Crippen molar-refractivity contribution in [2.24, 2.45) is 5.14 Å². The molecule has 0 amide bonds. The highest BCUT2D eigenvalue weighted by atomic mass is 32.2. The van der Waals surface area contributed by atoms with Gasteiger partial charge < -0.3 is 5.32 Å². The normalized spacial score (nSPS) is 13.6. The summed E-state index contributed by atoms with van der Waals surface area (Å²) in [4.78, 5) is 0.166. The molecule has 3 N–H and O–H groups in total. The number of nitrogens with one attached hydrogen (secondary N) is 1. The van der Waals surface area contributed by atoms with Crippen LogP contribution >= 0.6 is 0 Å². The van der Waals surface area contributed by atoms with Gasteiger partial charge >= 0.3 is 0 Å². The van der Waals surface area contributed by atoms with E-state index in [1.807, 2.05) is 13.0 Å². The summed E-state index contributed by atoms with van der Waals surface area (Å²) in [5.74, 6) is 0. The quantitative estimate of drug-likeness (QED) is 0.762. The van der Waals surface area contributed by atoms with Gasteiger partial charge in [0.2, 0.25) is 10.0 Å². The second-order valence-corrected chi connectivity index (χ2v) is 5.71. The number of benzene rings is 1. The van der Waals surface area contributed by atoms with E-state index in [1.54, 1.807) is 12.1 Å². The average molecular weight is 256 g/mol. The average Bonchev–Trinajstić information content (AvgIpc) is 2.28. The van der Waals surface area contributed by atoms with Crippen molar-refractivity contribution in [3.63, 3.8) is 0 Å². The topological polar surface area (TPSA) is 72.2 Å². The fourth-order valence-electron chi connectivity index (χ4n) is 1.57. The van der Waals surface area contributed by atoms with Gasteiger partial charge in [0, 0.05) is 6.04 Å². The molecule has 0 heterocycles. The van der Waals surface area contributed by atoms with E-state index < -0.39 is 10.0 Å². The van der Waals surface area contributed by atoms with Gasteiger partial charge in [-0.2, -0.15) is 0 Å². The van der Waals surface area contributed by atoms with Crippen LogP contribution in [0.1, 0.15) is 38.3 Å². The lowest BCUT2D eigenvalue weighted by Gasteiger charge is -2.14. The van der Waals surface area contributed by atoms with Gasteiger partial charge in [0.25, 0.3) is 0 Å². The molecule has 0 saturated heterocycles. The van der Waals surface area contributed by atoms with Crippen molar-refractivity contribution in [2.75, 3.05) is 6.54 Å². The molecular formula is C12H20N2O2S. The van der Waals surface area contributed by atoms with Crippen LogP contribution in [0.4, 0.5) is 0 Å². The highest BCUT2D eigenvalue weighted by Crippen LogP contribution is 2.16. The molecule has 4 nitrogen and oxygen atoms in total. The zero-order valence-corrected chi connectivity index (χ0v) is 11.1. The number of primary sulfonamides is 1. The van der Waals surface area contributed by atoms with Gasteiger partial charge in [0.15, 0.2) is 0 Å².